The predicted octanol–water partition coefficient (Wildman–Crippen LogP) is 3.14. The SMILES string of the molecule is O=C(C1CC1c1ccc(Cl)cc1)N1CCCN2CCCC2C1. The van der Waals surface area contributed by atoms with Crippen LogP contribution in [0, 0.1) is 5.92 Å². The number of carbonyl (C=O) groups is 1. The minimum atomic E-state index is 0.203. The monoisotopic (exact) mass is 318 g/mol. The molecular weight excluding hydrogens is 296 g/mol. The number of halogens is 1. The van der Waals surface area contributed by atoms with Gasteiger partial charge in [-0.3, -0.25) is 9.69 Å². The first-order valence-corrected chi connectivity index (χ1v) is 8.88. The molecule has 4 rings (SSSR count). The van der Waals surface area contributed by atoms with Gasteiger partial charge in [-0.2, -0.15) is 0 Å². The lowest BCUT2D eigenvalue weighted by Crippen LogP contribution is -2.40. The van der Waals surface area contributed by atoms with Crippen molar-refractivity contribution in [3.05, 3.63) is 34.9 Å². The van der Waals surface area contributed by atoms with Crippen molar-refractivity contribution in [3.63, 3.8) is 0 Å². The first kappa shape index (κ1) is 14.5. The van der Waals surface area contributed by atoms with Crippen molar-refractivity contribution in [1.29, 1.82) is 0 Å². The third-order valence-electron chi connectivity index (χ3n) is 5.52. The summed E-state index contributed by atoms with van der Waals surface area (Å²) in [5, 5.41) is 0.765. The van der Waals surface area contributed by atoms with Gasteiger partial charge in [0.05, 0.1) is 0 Å². The summed E-state index contributed by atoms with van der Waals surface area (Å²) in [6.07, 6.45) is 4.69. The van der Waals surface area contributed by atoms with Crippen LogP contribution in [0.15, 0.2) is 24.3 Å². The van der Waals surface area contributed by atoms with E-state index in [0.29, 0.717) is 17.9 Å². The zero-order chi connectivity index (χ0) is 15.1. The molecule has 0 spiro atoms. The summed E-state index contributed by atoms with van der Waals surface area (Å²) in [6.45, 7) is 4.28. The summed E-state index contributed by atoms with van der Waals surface area (Å²) in [6, 6.07) is 8.61. The highest BCUT2D eigenvalue weighted by molar-refractivity contribution is 6.30. The number of hydrogen-bond acceptors (Lipinski definition) is 2. The zero-order valence-electron chi connectivity index (χ0n) is 12.9. The number of amides is 1. The molecule has 2 aliphatic heterocycles. The summed E-state index contributed by atoms with van der Waals surface area (Å²) in [4.78, 5) is 17.6. The smallest absolute Gasteiger partial charge is 0.226 e. The van der Waals surface area contributed by atoms with Gasteiger partial charge in [-0.05, 0) is 55.8 Å². The van der Waals surface area contributed by atoms with Gasteiger partial charge in [-0.15, -0.1) is 0 Å². The lowest BCUT2D eigenvalue weighted by atomic mass is 10.1. The molecule has 1 aromatic rings. The molecule has 1 aromatic carbocycles. The molecule has 22 heavy (non-hydrogen) atoms. The van der Waals surface area contributed by atoms with Crippen LogP contribution in [0.3, 0.4) is 0 Å². The average Bonchev–Trinajstić information content (AvgIpc) is 3.25. The number of benzene rings is 1. The fourth-order valence-electron chi connectivity index (χ4n) is 4.19. The lowest BCUT2D eigenvalue weighted by Gasteiger charge is -2.26. The summed E-state index contributed by atoms with van der Waals surface area (Å²) < 4.78 is 0. The number of hydrogen-bond donors (Lipinski definition) is 0. The van der Waals surface area contributed by atoms with E-state index in [9.17, 15) is 4.79 Å². The van der Waals surface area contributed by atoms with Crippen LogP contribution in [-0.4, -0.2) is 47.9 Å². The van der Waals surface area contributed by atoms with Crippen LogP contribution in [0.1, 0.15) is 37.2 Å². The molecule has 3 fully saturated rings. The Kier molecular flexibility index (Phi) is 3.87. The highest BCUT2D eigenvalue weighted by Gasteiger charge is 2.46. The molecule has 0 radical (unpaired) electrons. The molecule has 3 nitrogen and oxygen atoms in total. The van der Waals surface area contributed by atoms with Gasteiger partial charge < -0.3 is 4.90 Å². The number of nitrogens with zero attached hydrogens (tertiary/aromatic N) is 2. The van der Waals surface area contributed by atoms with Gasteiger partial charge in [-0.25, -0.2) is 0 Å². The van der Waals surface area contributed by atoms with Crippen LogP contribution < -0.4 is 0 Å². The van der Waals surface area contributed by atoms with Crippen molar-refractivity contribution < 1.29 is 4.79 Å². The van der Waals surface area contributed by atoms with Gasteiger partial charge in [-0.1, -0.05) is 23.7 Å². The van der Waals surface area contributed by atoms with Crippen molar-refractivity contribution in [2.75, 3.05) is 26.2 Å². The summed E-state index contributed by atoms with van der Waals surface area (Å²) in [5.74, 6) is 0.996. The van der Waals surface area contributed by atoms with Crippen LogP contribution in [0.25, 0.3) is 0 Å². The Morgan fingerprint density at radius 3 is 2.68 bits per heavy atom. The molecule has 118 valence electrons. The number of rotatable bonds is 2. The van der Waals surface area contributed by atoms with Gasteiger partial charge in [0.2, 0.25) is 5.91 Å². The Morgan fingerprint density at radius 1 is 1.09 bits per heavy atom. The molecule has 4 heteroatoms. The Morgan fingerprint density at radius 2 is 1.86 bits per heavy atom. The van der Waals surface area contributed by atoms with Gasteiger partial charge >= 0.3 is 0 Å². The highest BCUT2D eigenvalue weighted by atomic mass is 35.5. The standard InChI is InChI=1S/C18H23ClN2O/c19-14-6-4-13(5-7-14)16-11-17(16)18(22)21-10-2-9-20-8-1-3-15(20)12-21/h4-7,15-17H,1-3,8-12H2. The zero-order valence-corrected chi connectivity index (χ0v) is 13.6. The van der Waals surface area contributed by atoms with E-state index in [-0.39, 0.29) is 5.92 Å². The fourth-order valence-corrected chi connectivity index (χ4v) is 4.31. The third-order valence-corrected chi connectivity index (χ3v) is 5.77. The maximum Gasteiger partial charge on any atom is 0.226 e. The Hall–Kier alpha value is -1.06. The van der Waals surface area contributed by atoms with Crippen LogP contribution in [0.5, 0.6) is 0 Å². The average molecular weight is 319 g/mol. The third kappa shape index (κ3) is 2.77. The van der Waals surface area contributed by atoms with Crippen LogP contribution >= 0.6 is 11.6 Å². The molecule has 0 bridgehead atoms. The van der Waals surface area contributed by atoms with Crippen molar-refractivity contribution >= 4 is 17.5 Å². The molecule has 3 atom stereocenters. The number of fused-ring (bicyclic) bond motifs is 1. The molecule has 1 aliphatic carbocycles. The molecular formula is C18H23ClN2O. The minimum absolute atomic E-state index is 0.203. The van der Waals surface area contributed by atoms with Crippen LogP contribution in [0.4, 0.5) is 0 Å². The second-order valence-electron chi connectivity index (χ2n) is 6.97. The summed E-state index contributed by atoms with van der Waals surface area (Å²) >= 11 is 5.95. The lowest BCUT2D eigenvalue weighted by molar-refractivity contribution is -0.132. The largest absolute Gasteiger partial charge is 0.341 e. The van der Waals surface area contributed by atoms with E-state index in [1.165, 1.54) is 31.5 Å². The minimum Gasteiger partial charge on any atom is -0.341 e. The van der Waals surface area contributed by atoms with Gasteiger partial charge in [0.25, 0.3) is 0 Å². The second kappa shape index (κ2) is 5.86. The van der Waals surface area contributed by atoms with Gasteiger partial charge in [0, 0.05) is 36.6 Å². The Balaban J connectivity index is 1.41. The second-order valence-corrected chi connectivity index (χ2v) is 7.41. The topological polar surface area (TPSA) is 23.6 Å². The quantitative estimate of drug-likeness (QED) is 0.836. The maximum absolute atomic E-state index is 12.8. The summed E-state index contributed by atoms with van der Waals surface area (Å²) in [5.41, 5.74) is 1.26. The predicted molar refractivity (Wildman–Crippen MR) is 88.1 cm³/mol. The van der Waals surface area contributed by atoms with E-state index in [1.807, 2.05) is 12.1 Å². The van der Waals surface area contributed by atoms with Crippen molar-refractivity contribution in [3.8, 4) is 0 Å². The summed E-state index contributed by atoms with van der Waals surface area (Å²) in [7, 11) is 0. The van der Waals surface area contributed by atoms with Crippen molar-refractivity contribution in [2.45, 2.75) is 37.6 Å². The molecule has 0 aromatic heterocycles. The number of carbonyl (C=O) groups excluding carboxylic acids is 1. The first-order chi connectivity index (χ1) is 10.7. The van der Waals surface area contributed by atoms with Crippen molar-refractivity contribution in [2.24, 2.45) is 5.92 Å². The molecule has 3 unspecified atom stereocenters. The van der Waals surface area contributed by atoms with Gasteiger partial charge in [0.1, 0.15) is 0 Å². The van der Waals surface area contributed by atoms with E-state index in [1.54, 1.807) is 0 Å². The van der Waals surface area contributed by atoms with E-state index >= 15 is 0 Å². The maximum atomic E-state index is 12.8. The molecule has 2 heterocycles. The Labute approximate surface area is 137 Å². The van der Waals surface area contributed by atoms with Crippen LogP contribution in [-0.2, 0) is 4.79 Å². The molecule has 2 saturated heterocycles. The molecule has 3 aliphatic rings. The van der Waals surface area contributed by atoms with E-state index in [2.05, 4.69) is 21.9 Å². The Bertz CT molecular complexity index is 559. The highest BCUT2D eigenvalue weighted by Crippen LogP contribution is 2.48. The molecule has 1 amide bonds. The normalized spacial score (nSPS) is 31.7. The molecule has 0 N–H and O–H groups in total. The van der Waals surface area contributed by atoms with E-state index in [0.717, 1.165) is 31.0 Å². The fraction of sp³-hybridized carbons (Fsp3) is 0.611. The molecule has 1 saturated carbocycles. The van der Waals surface area contributed by atoms with Crippen molar-refractivity contribution in [1.82, 2.24) is 9.80 Å². The first-order valence-electron chi connectivity index (χ1n) is 8.50. The van der Waals surface area contributed by atoms with E-state index in [4.69, 9.17) is 11.6 Å². The van der Waals surface area contributed by atoms with Gasteiger partial charge in [0.15, 0.2) is 0 Å². The van der Waals surface area contributed by atoms with Crippen LogP contribution in [0.2, 0.25) is 5.02 Å². The van der Waals surface area contributed by atoms with E-state index < -0.39 is 0 Å².